The fourth-order valence-corrected chi connectivity index (χ4v) is 2.20. The Balaban J connectivity index is 2.36. The normalized spacial score (nSPS) is 11.0. The van der Waals surface area contributed by atoms with Crippen LogP contribution in [0.2, 0.25) is 0 Å². The number of halogens is 2. The predicted octanol–water partition coefficient (Wildman–Crippen LogP) is 4.10. The topological polar surface area (TPSA) is 68.6 Å². The standard InChI is InChI=1S/C19H15F2NO4/c1-24-15-5-3-4-13(10-15)18(23)14(11-22)8-12-6-7-16(26-19(20)21)17(9-12)25-2/h3-10,19H,1-2H3/b14-8-. The Hall–Kier alpha value is -3.40. The minimum Gasteiger partial charge on any atom is -0.497 e. The first-order chi connectivity index (χ1) is 12.5. The van der Waals surface area contributed by atoms with Crippen molar-refractivity contribution < 1.29 is 27.8 Å². The van der Waals surface area contributed by atoms with Crippen molar-refractivity contribution in [2.75, 3.05) is 14.2 Å². The molecule has 2 aromatic carbocycles. The smallest absolute Gasteiger partial charge is 0.387 e. The van der Waals surface area contributed by atoms with Gasteiger partial charge in [0.25, 0.3) is 0 Å². The van der Waals surface area contributed by atoms with Crippen LogP contribution in [0.1, 0.15) is 15.9 Å². The van der Waals surface area contributed by atoms with E-state index in [9.17, 15) is 18.8 Å². The molecule has 0 heterocycles. The van der Waals surface area contributed by atoms with Crippen molar-refractivity contribution >= 4 is 11.9 Å². The van der Waals surface area contributed by atoms with Crippen LogP contribution in [0.3, 0.4) is 0 Å². The van der Waals surface area contributed by atoms with E-state index in [0.717, 1.165) is 0 Å². The number of benzene rings is 2. The molecule has 0 atom stereocenters. The summed E-state index contributed by atoms with van der Waals surface area (Å²) in [6, 6.07) is 12.4. The Bertz CT molecular complexity index is 872. The van der Waals surface area contributed by atoms with E-state index in [1.807, 2.05) is 6.07 Å². The van der Waals surface area contributed by atoms with Gasteiger partial charge in [0, 0.05) is 5.56 Å². The average molecular weight is 359 g/mol. The molecule has 0 saturated heterocycles. The molecule has 0 unspecified atom stereocenters. The molecule has 0 bridgehead atoms. The van der Waals surface area contributed by atoms with E-state index in [1.165, 1.54) is 44.6 Å². The van der Waals surface area contributed by atoms with E-state index in [1.54, 1.807) is 18.2 Å². The van der Waals surface area contributed by atoms with Crippen LogP contribution in [-0.4, -0.2) is 26.6 Å². The van der Waals surface area contributed by atoms with Crippen molar-refractivity contribution in [3.05, 3.63) is 59.2 Å². The SMILES string of the molecule is COc1cccc(C(=O)/C(C#N)=C\c2ccc(OC(F)F)c(OC)c2)c1. The van der Waals surface area contributed by atoms with Crippen LogP contribution in [-0.2, 0) is 0 Å². The molecule has 0 aliphatic heterocycles. The second kappa shape index (κ2) is 8.62. The van der Waals surface area contributed by atoms with Crippen molar-refractivity contribution in [1.29, 1.82) is 5.26 Å². The Morgan fingerprint density at radius 1 is 1.12 bits per heavy atom. The molecule has 0 aromatic heterocycles. The summed E-state index contributed by atoms with van der Waals surface area (Å²) < 4.78 is 39.2. The van der Waals surface area contributed by atoms with Crippen molar-refractivity contribution in [2.45, 2.75) is 6.61 Å². The number of ketones is 1. The van der Waals surface area contributed by atoms with Crippen molar-refractivity contribution in [2.24, 2.45) is 0 Å². The number of ether oxygens (including phenoxy) is 3. The third kappa shape index (κ3) is 4.57. The summed E-state index contributed by atoms with van der Waals surface area (Å²) >= 11 is 0. The quantitative estimate of drug-likeness (QED) is 0.423. The van der Waals surface area contributed by atoms with Gasteiger partial charge < -0.3 is 14.2 Å². The number of methoxy groups -OCH3 is 2. The van der Waals surface area contributed by atoms with Gasteiger partial charge in [0.15, 0.2) is 11.5 Å². The maximum Gasteiger partial charge on any atom is 0.387 e. The van der Waals surface area contributed by atoms with Gasteiger partial charge in [-0.15, -0.1) is 0 Å². The molecule has 2 aromatic rings. The lowest BCUT2D eigenvalue weighted by Gasteiger charge is -2.10. The summed E-state index contributed by atoms with van der Waals surface area (Å²) in [5, 5.41) is 9.32. The molecule has 0 amide bonds. The van der Waals surface area contributed by atoms with E-state index in [-0.39, 0.29) is 17.1 Å². The molecule has 0 aliphatic rings. The Kier molecular flexibility index (Phi) is 6.28. The molecule has 7 heteroatoms. The van der Waals surface area contributed by atoms with E-state index < -0.39 is 12.4 Å². The minimum absolute atomic E-state index is 0.0603. The number of allylic oxidation sites excluding steroid dienone is 1. The molecule has 5 nitrogen and oxygen atoms in total. The van der Waals surface area contributed by atoms with Crippen LogP contribution in [0, 0.1) is 11.3 Å². The lowest BCUT2D eigenvalue weighted by Crippen LogP contribution is -2.04. The average Bonchev–Trinajstić information content (AvgIpc) is 2.66. The maximum absolute atomic E-state index is 12.5. The summed E-state index contributed by atoms with van der Waals surface area (Å²) in [6.45, 7) is -2.99. The van der Waals surface area contributed by atoms with Crippen molar-refractivity contribution in [1.82, 2.24) is 0 Å². The van der Waals surface area contributed by atoms with E-state index in [0.29, 0.717) is 16.9 Å². The van der Waals surface area contributed by atoms with Gasteiger partial charge in [0.2, 0.25) is 5.78 Å². The lowest BCUT2D eigenvalue weighted by atomic mass is 10.0. The molecular weight excluding hydrogens is 344 g/mol. The number of nitrogens with zero attached hydrogens (tertiary/aromatic N) is 1. The molecular formula is C19H15F2NO4. The van der Waals surface area contributed by atoms with Crippen LogP contribution in [0.15, 0.2) is 48.0 Å². The summed E-state index contributed by atoms with van der Waals surface area (Å²) in [7, 11) is 2.77. The van der Waals surface area contributed by atoms with E-state index in [2.05, 4.69) is 4.74 Å². The number of Topliss-reactive ketones (excluding diaryl/α,β-unsaturated/α-hetero) is 1. The van der Waals surface area contributed by atoms with Gasteiger partial charge >= 0.3 is 6.61 Å². The molecule has 26 heavy (non-hydrogen) atoms. The molecule has 0 spiro atoms. The first kappa shape index (κ1) is 18.9. The zero-order chi connectivity index (χ0) is 19.1. The minimum atomic E-state index is -2.99. The van der Waals surface area contributed by atoms with Gasteiger partial charge in [-0.05, 0) is 35.9 Å². The first-order valence-corrected chi connectivity index (χ1v) is 7.42. The predicted molar refractivity (Wildman–Crippen MR) is 90.5 cm³/mol. The van der Waals surface area contributed by atoms with E-state index >= 15 is 0 Å². The Morgan fingerprint density at radius 3 is 2.50 bits per heavy atom. The van der Waals surface area contributed by atoms with Crippen LogP contribution < -0.4 is 14.2 Å². The molecule has 0 N–H and O–H groups in total. The third-order valence-corrected chi connectivity index (χ3v) is 3.41. The number of hydrogen-bond donors (Lipinski definition) is 0. The van der Waals surface area contributed by atoms with Gasteiger partial charge in [-0.3, -0.25) is 4.79 Å². The largest absolute Gasteiger partial charge is 0.497 e. The number of carbonyl (C=O) groups excluding carboxylic acids is 1. The van der Waals surface area contributed by atoms with Crippen molar-refractivity contribution in [3.63, 3.8) is 0 Å². The molecule has 0 radical (unpaired) electrons. The highest BCUT2D eigenvalue weighted by Crippen LogP contribution is 2.30. The number of alkyl halides is 2. The van der Waals surface area contributed by atoms with Gasteiger partial charge in [-0.25, -0.2) is 0 Å². The van der Waals surface area contributed by atoms with Crippen molar-refractivity contribution in [3.8, 4) is 23.3 Å². The van der Waals surface area contributed by atoms with Crippen LogP contribution in [0.25, 0.3) is 6.08 Å². The third-order valence-electron chi connectivity index (χ3n) is 3.41. The molecule has 0 saturated carbocycles. The highest BCUT2D eigenvalue weighted by atomic mass is 19.3. The Labute approximate surface area is 149 Å². The second-order valence-electron chi connectivity index (χ2n) is 5.02. The number of rotatable bonds is 7. The molecule has 134 valence electrons. The summed E-state index contributed by atoms with van der Waals surface area (Å²) in [5.41, 5.74) is 0.598. The summed E-state index contributed by atoms with van der Waals surface area (Å²) in [4.78, 5) is 12.5. The number of nitriles is 1. The number of carbonyl (C=O) groups is 1. The highest BCUT2D eigenvalue weighted by Gasteiger charge is 2.15. The number of hydrogen-bond acceptors (Lipinski definition) is 5. The maximum atomic E-state index is 12.5. The van der Waals surface area contributed by atoms with Gasteiger partial charge in [-0.2, -0.15) is 14.0 Å². The fraction of sp³-hybridized carbons (Fsp3) is 0.158. The lowest BCUT2D eigenvalue weighted by molar-refractivity contribution is -0.0512. The summed E-state index contributed by atoms with van der Waals surface area (Å²) in [5.74, 6) is -0.0796. The van der Waals surface area contributed by atoms with Gasteiger partial charge in [0.1, 0.15) is 17.4 Å². The monoisotopic (exact) mass is 359 g/mol. The van der Waals surface area contributed by atoms with Gasteiger partial charge in [-0.1, -0.05) is 18.2 Å². The van der Waals surface area contributed by atoms with Crippen LogP contribution >= 0.6 is 0 Å². The second-order valence-corrected chi connectivity index (χ2v) is 5.02. The van der Waals surface area contributed by atoms with Gasteiger partial charge in [0.05, 0.1) is 14.2 Å². The fourth-order valence-electron chi connectivity index (χ4n) is 2.20. The van der Waals surface area contributed by atoms with Crippen LogP contribution in [0.5, 0.6) is 17.2 Å². The first-order valence-electron chi connectivity index (χ1n) is 7.42. The summed E-state index contributed by atoms with van der Waals surface area (Å²) in [6.07, 6.45) is 1.34. The zero-order valence-electron chi connectivity index (χ0n) is 14.0. The van der Waals surface area contributed by atoms with E-state index in [4.69, 9.17) is 9.47 Å². The Morgan fingerprint density at radius 2 is 1.88 bits per heavy atom. The van der Waals surface area contributed by atoms with Crippen LogP contribution in [0.4, 0.5) is 8.78 Å². The molecule has 2 rings (SSSR count). The zero-order valence-corrected chi connectivity index (χ0v) is 14.0. The molecule has 0 fully saturated rings. The highest BCUT2D eigenvalue weighted by molar-refractivity contribution is 6.14. The molecule has 0 aliphatic carbocycles.